The van der Waals surface area contributed by atoms with Crippen molar-refractivity contribution in [2.75, 3.05) is 20.3 Å². The van der Waals surface area contributed by atoms with Gasteiger partial charge in [0, 0.05) is 7.11 Å². The molecule has 0 bridgehead atoms. The minimum Gasteiger partial charge on any atom is -0.383 e. The van der Waals surface area contributed by atoms with Gasteiger partial charge in [0.1, 0.15) is 5.69 Å². The number of carbonyl (C=O) groups excluding carboxylic acids is 1. The fraction of sp³-hybridized carbons (Fsp3) is 0.667. The summed E-state index contributed by atoms with van der Waals surface area (Å²) in [5.74, 6) is 0.0977. The number of nitrogens with one attached hydrogen (secondary N) is 1. The Labute approximate surface area is 115 Å². The second-order valence-corrected chi connectivity index (χ2v) is 5.60. The van der Waals surface area contributed by atoms with Crippen LogP contribution < -0.4 is 5.32 Å². The molecule has 0 amide bonds. The molecule has 0 aromatic carbocycles. The SMILES string of the molecule is COCCn1ncc(Br)c1C(=O)C1(C)CCCN1. The maximum atomic E-state index is 12.6. The minimum atomic E-state index is -0.465. The summed E-state index contributed by atoms with van der Waals surface area (Å²) < 4.78 is 7.50. The van der Waals surface area contributed by atoms with Crippen LogP contribution in [0.25, 0.3) is 0 Å². The van der Waals surface area contributed by atoms with E-state index in [-0.39, 0.29) is 5.78 Å². The molecular formula is C12H18BrN3O2. The number of Topliss-reactive ketones (excluding diaryl/α,β-unsaturated/α-hetero) is 1. The van der Waals surface area contributed by atoms with Gasteiger partial charge in [-0.1, -0.05) is 0 Å². The molecule has 2 rings (SSSR count). The van der Waals surface area contributed by atoms with Gasteiger partial charge in [0.15, 0.2) is 0 Å². The molecule has 1 aliphatic heterocycles. The third-order valence-electron chi connectivity index (χ3n) is 3.39. The maximum Gasteiger partial charge on any atom is 0.201 e. The lowest BCUT2D eigenvalue weighted by Crippen LogP contribution is -2.45. The van der Waals surface area contributed by atoms with E-state index in [0.717, 1.165) is 23.9 Å². The normalized spacial score (nSPS) is 23.5. The van der Waals surface area contributed by atoms with Crippen molar-refractivity contribution in [2.45, 2.75) is 31.8 Å². The summed E-state index contributed by atoms with van der Waals surface area (Å²) in [5.41, 5.74) is 0.164. The molecule has 18 heavy (non-hydrogen) atoms. The summed E-state index contributed by atoms with van der Waals surface area (Å²) >= 11 is 3.41. The van der Waals surface area contributed by atoms with Gasteiger partial charge in [-0.15, -0.1) is 0 Å². The van der Waals surface area contributed by atoms with E-state index in [9.17, 15) is 4.79 Å². The third-order valence-corrected chi connectivity index (χ3v) is 3.97. The lowest BCUT2D eigenvalue weighted by Gasteiger charge is -2.23. The molecule has 1 fully saturated rings. The first-order chi connectivity index (χ1) is 8.58. The Morgan fingerprint density at radius 3 is 3.11 bits per heavy atom. The van der Waals surface area contributed by atoms with Gasteiger partial charge in [0.2, 0.25) is 5.78 Å². The van der Waals surface area contributed by atoms with Crippen LogP contribution in [0.3, 0.4) is 0 Å². The van der Waals surface area contributed by atoms with E-state index in [1.165, 1.54) is 0 Å². The van der Waals surface area contributed by atoms with Crippen LogP contribution >= 0.6 is 15.9 Å². The van der Waals surface area contributed by atoms with Crippen molar-refractivity contribution in [3.63, 3.8) is 0 Å². The predicted molar refractivity (Wildman–Crippen MR) is 71.8 cm³/mol. The van der Waals surface area contributed by atoms with Gasteiger partial charge >= 0.3 is 0 Å². The van der Waals surface area contributed by atoms with Crippen molar-refractivity contribution in [3.8, 4) is 0 Å². The van der Waals surface area contributed by atoms with Crippen LogP contribution in [0.15, 0.2) is 10.7 Å². The van der Waals surface area contributed by atoms with E-state index in [2.05, 4.69) is 26.3 Å². The van der Waals surface area contributed by atoms with E-state index in [4.69, 9.17) is 4.74 Å². The molecule has 0 radical (unpaired) electrons. The Morgan fingerprint density at radius 1 is 1.72 bits per heavy atom. The molecule has 1 aromatic rings. The molecule has 1 N–H and O–H groups in total. The zero-order chi connectivity index (χ0) is 13.2. The first kappa shape index (κ1) is 13.7. The van der Waals surface area contributed by atoms with Crippen molar-refractivity contribution >= 4 is 21.7 Å². The first-order valence-electron chi connectivity index (χ1n) is 6.08. The standard InChI is InChI=1S/C12H18BrN3O2/c1-12(4-3-5-14-12)11(17)10-9(13)8-15-16(10)6-7-18-2/h8,14H,3-7H2,1-2H3. The van der Waals surface area contributed by atoms with Crippen molar-refractivity contribution in [3.05, 3.63) is 16.4 Å². The molecule has 1 saturated heterocycles. The highest BCUT2D eigenvalue weighted by Crippen LogP contribution is 2.27. The molecule has 2 heterocycles. The van der Waals surface area contributed by atoms with Crippen molar-refractivity contribution in [1.29, 1.82) is 0 Å². The van der Waals surface area contributed by atoms with E-state index < -0.39 is 5.54 Å². The fourth-order valence-corrected chi connectivity index (χ4v) is 2.76. The summed E-state index contributed by atoms with van der Waals surface area (Å²) in [6, 6.07) is 0. The number of rotatable bonds is 5. The Bertz CT molecular complexity index is 439. The van der Waals surface area contributed by atoms with Crippen LogP contribution in [0.4, 0.5) is 0 Å². The summed E-state index contributed by atoms with van der Waals surface area (Å²) in [7, 11) is 1.64. The number of ketones is 1. The number of nitrogens with zero attached hydrogens (tertiary/aromatic N) is 2. The number of ether oxygens (including phenoxy) is 1. The summed E-state index contributed by atoms with van der Waals surface area (Å²) in [5, 5.41) is 7.51. The fourth-order valence-electron chi connectivity index (χ4n) is 2.29. The lowest BCUT2D eigenvalue weighted by molar-refractivity contribution is 0.0868. The molecule has 0 saturated carbocycles. The highest BCUT2D eigenvalue weighted by molar-refractivity contribution is 9.10. The van der Waals surface area contributed by atoms with E-state index in [1.54, 1.807) is 18.0 Å². The molecule has 1 atom stereocenters. The highest BCUT2D eigenvalue weighted by atomic mass is 79.9. The number of hydrogen-bond acceptors (Lipinski definition) is 4. The van der Waals surface area contributed by atoms with Crippen LogP contribution in [0.5, 0.6) is 0 Å². The number of carbonyl (C=O) groups is 1. The van der Waals surface area contributed by atoms with Gasteiger partial charge in [-0.05, 0) is 42.2 Å². The largest absolute Gasteiger partial charge is 0.383 e. The molecular weight excluding hydrogens is 298 g/mol. The average molecular weight is 316 g/mol. The van der Waals surface area contributed by atoms with Crippen LogP contribution in [-0.4, -0.2) is 41.4 Å². The monoisotopic (exact) mass is 315 g/mol. The average Bonchev–Trinajstić information content (AvgIpc) is 2.93. The Balaban J connectivity index is 2.26. The van der Waals surface area contributed by atoms with Crippen LogP contribution in [-0.2, 0) is 11.3 Å². The molecule has 5 nitrogen and oxygen atoms in total. The van der Waals surface area contributed by atoms with Gasteiger partial charge < -0.3 is 10.1 Å². The van der Waals surface area contributed by atoms with Gasteiger partial charge in [0.25, 0.3) is 0 Å². The molecule has 0 aliphatic carbocycles. The van der Waals surface area contributed by atoms with Crippen molar-refractivity contribution in [2.24, 2.45) is 0 Å². The topological polar surface area (TPSA) is 56.2 Å². The third kappa shape index (κ3) is 2.50. The first-order valence-corrected chi connectivity index (χ1v) is 6.88. The lowest BCUT2D eigenvalue weighted by atomic mass is 9.92. The second-order valence-electron chi connectivity index (χ2n) is 4.75. The molecule has 1 aromatic heterocycles. The molecule has 100 valence electrons. The van der Waals surface area contributed by atoms with Crippen LogP contribution in [0, 0.1) is 0 Å². The van der Waals surface area contributed by atoms with Gasteiger partial charge in [-0.3, -0.25) is 9.48 Å². The van der Waals surface area contributed by atoms with E-state index in [0.29, 0.717) is 18.8 Å². The Kier molecular flexibility index (Phi) is 4.19. The quantitative estimate of drug-likeness (QED) is 0.839. The zero-order valence-corrected chi connectivity index (χ0v) is 12.3. The number of halogens is 1. The minimum absolute atomic E-state index is 0.0977. The van der Waals surface area contributed by atoms with Gasteiger partial charge in [0.05, 0.1) is 29.4 Å². The molecule has 0 spiro atoms. The van der Waals surface area contributed by atoms with Crippen LogP contribution in [0.2, 0.25) is 0 Å². The summed E-state index contributed by atoms with van der Waals surface area (Å²) in [4.78, 5) is 12.6. The highest BCUT2D eigenvalue weighted by Gasteiger charge is 2.39. The van der Waals surface area contributed by atoms with Crippen molar-refractivity contribution in [1.82, 2.24) is 15.1 Å². The Hall–Kier alpha value is -0.720. The molecule has 1 aliphatic rings. The summed E-state index contributed by atoms with van der Waals surface area (Å²) in [6.45, 7) is 3.98. The van der Waals surface area contributed by atoms with Gasteiger partial charge in [-0.2, -0.15) is 5.10 Å². The maximum absolute atomic E-state index is 12.6. The number of aromatic nitrogens is 2. The van der Waals surface area contributed by atoms with Gasteiger partial charge in [-0.25, -0.2) is 0 Å². The molecule has 1 unspecified atom stereocenters. The number of methoxy groups -OCH3 is 1. The van der Waals surface area contributed by atoms with E-state index >= 15 is 0 Å². The predicted octanol–water partition coefficient (Wildman–Crippen LogP) is 1.62. The number of hydrogen-bond donors (Lipinski definition) is 1. The molecule has 6 heteroatoms. The van der Waals surface area contributed by atoms with E-state index in [1.807, 2.05) is 6.92 Å². The Morgan fingerprint density at radius 2 is 2.50 bits per heavy atom. The zero-order valence-electron chi connectivity index (χ0n) is 10.7. The smallest absolute Gasteiger partial charge is 0.201 e. The van der Waals surface area contributed by atoms with Crippen molar-refractivity contribution < 1.29 is 9.53 Å². The van der Waals surface area contributed by atoms with Crippen LogP contribution in [0.1, 0.15) is 30.3 Å². The second kappa shape index (κ2) is 5.50. The summed E-state index contributed by atoms with van der Waals surface area (Å²) in [6.07, 6.45) is 3.57.